The molecule has 6 nitrogen and oxygen atoms in total. The SMILES string of the molecule is CCOc1cccc(-n2c(C)nc3nc[nH]c(=O)c32)c1. The molecule has 20 heavy (non-hydrogen) atoms. The fourth-order valence-electron chi connectivity index (χ4n) is 2.23. The summed E-state index contributed by atoms with van der Waals surface area (Å²) in [6, 6.07) is 7.55. The van der Waals surface area contributed by atoms with Crippen molar-refractivity contribution in [3.63, 3.8) is 0 Å². The molecule has 0 atom stereocenters. The fraction of sp³-hybridized carbons (Fsp3) is 0.214. The second-order valence-electron chi connectivity index (χ2n) is 4.33. The first kappa shape index (κ1) is 12.4. The minimum atomic E-state index is -0.211. The number of aryl methyl sites for hydroxylation is 1. The number of ether oxygens (including phenoxy) is 1. The fourth-order valence-corrected chi connectivity index (χ4v) is 2.23. The molecular formula is C14H14N4O2. The molecule has 0 spiro atoms. The van der Waals surface area contributed by atoms with Crippen LogP contribution in [-0.2, 0) is 0 Å². The number of rotatable bonds is 3. The summed E-state index contributed by atoms with van der Waals surface area (Å²) < 4.78 is 7.27. The lowest BCUT2D eigenvalue weighted by molar-refractivity contribution is 0.340. The molecule has 0 amide bonds. The Morgan fingerprint density at radius 2 is 2.25 bits per heavy atom. The molecule has 1 N–H and O–H groups in total. The van der Waals surface area contributed by atoms with Gasteiger partial charge in [0.05, 0.1) is 18.6 Å². The van der Waals surface area contributed by atoms with Gasteiger partial charge in [-0.1, -0.05) is 6.07 Å². The van der Waals surface area contributed by atoms with Gasteiger partial charge in [-0.2, -0.15) is 0 Å². The average Bonchev–Trinajstić information content (AvgIpc) is 2.77. The summed E-state index contributed by atoms with van der Waals surface area (Å²) in [6.45, 7) is 4.36. The number of imidazole rings is 1. The maximum absolute atomic E-state index is 12.0. The highest BCUT2D eigenvalue weighted by Gasteiger charge is 2.13. The van der Waals surface area contributed by atoms with Crippen LogP contribution in [0.4, 0.5) is 0 Å². The number of aromatic amines is 1. The number of H-pyrrole nitrogens is 1. The van der Waals surface area contributed by atoms with Gasteiger partial charge in [-0.3, -0.25) is 9.36 Å². The van der Waals surface area contributed by atoms with E-state index in [0.717, 1.165) is 11.4 Å². The third-order valence-corrected chi connectivity index (χ3v) is 3.01. The first-order valence-corrected chi connectivity index (χ1v) is 6.36. The maximum Gasteiger partial charge on any atom is 0.277 e. The third kappa shape index (κ3) is 1.95. The van der Waals surface area contributed by atoms with Gasteiger partial charge >= 0.3 is 0 Å². The zero-order valence-corrected chi connectivity index (χ0v) is 11.3. The van der Waals surface area contributed by atoms with E-state index in [1.54, 1.807) is 4.57 Å². The monoisotopic (exact) mass is 270 g/mol. The van der Waals surface area contributed by atoms with Gasteiger partial charge in [0.25, 0.3) is 5.56 Å². The van der Waals surface area contributed by atoms with Crippen molar-refractivity contribution < 1.29 is 4.74 Å². The van der Waals surface area contributed by atoms with Crippen LogP contribution in [0.3, 0.4) is 0 Å². The lowest BCUT2D eigenvalue weighted by atomic mass is 10.3. The smallest absolute Gasteiger partial charge is 0.277 e. The number of nitrogens with zero attached hydrogens (tertiary/aromatic N) is 3. The van der Waals surface area contributed by atoms with E-state index < -0.39 is 0 Å². The molecule has 3 rings (SSSR count). The van der Waals surface area contributed by atoms with Crippen LogP contribution >= 0.6 is 0 Å². The number of hydrogen-bond acceptors (Lipinski definition) is 4. The largest absolute Gasteiger partial charge is 0.494 e. The van der Waals surface area contributed by atoms with E-state index in [1.807, 2.05) is 38.1 Å². The van der Waals surface area contributed by atoms with E-state index in [-0.39, 0.29) is 5.56 Å². The van der Waals surface area contributed by atoms with Crippen molar-refractivity contribution in [1.82, 2.24) is 19.5 Å². The highest BCUT2D eigenvalue weighted by molar-refractivity contribution is 5.73. The molecule has 0 radical (unpaired) electrons. The van der Waals surface area contributed by atoms with E-state index in [2.05, 4.69) is 15.0 Å². The van der Waals surface area contributed by atoms with Crippen LogP contribution in [0.2, 0.25) is 0 Å². The molecule has 2 heterocycles. The molecule has 6 heteroatoms. The Morgan fingerprint density at radius 1 is 1.40 bits per heavy atom. The molecule has 3 aromatic rings. The van der Waals surface area contributed by atoms with Crippen LogP contribution in [0, 0.1) is 6.92 Å². The lowest BCUT2D eigenvalue weighted by Crippen LogP contribution is -2.11. The Bertz CT molecular complexity index is 819. The highest BCUT2D eigenvalue weighted by atomic mass is 16.5. The molecule has 0 unspecified atom stereocenters. The maximum atomic E-state index is 12.0. The Kier molecular flexibility index (Phi) is 2.98. The Labute approximate surface area is 115 Å². The van der Waals surface area contributed by atoms with Gasteiger partial charge in [-0.15, -0.1) is 0 Å². The Hall–Kier alpha value is -2.63. The molecular weight excluding hydrogens is 256 g/mol. The van der Waals surface area contributed by atoms with Crippen molar-refractivity contribution in [2.24, 2.45) is 0 Å². The standard InChI is InChI=1S/C14H14N4O2/c1-3-20-11-6-4-5-10(7-11)18-9(2)17-13-12(18)14(19)16-8-15-13/h4-8H,3H2,1-2H3,(H,15,16,19). The van der Waals surface area contributed by atoms with Gasteiger partial charge in [0.2, 0.25) is 0 Å². The van der Waals surface area contributed by atoms with Gasteiger partial charge in [0.1, 0.15) is 11.6 Å². The summed E-state index contributed by atoms with van der Waals surface area (Å²) >= 11 is 0. The first-order valence-electron chi connectivity index (χ1n) is 6.36. The summed E-state index contributed by atoms with van der Waals surface area (Å²) in [7, 11) is 0. The zero-order valence-electron chi connectivity index (χ0n) is 11.3. The second-order valence-corrected chi connectivity index (χ2v) is 4.33. The van der Waals surface area contributed by atoms with Crippen LogP contribution < -0.4 is 10.3 Å². The molecule has 0 saturated heterocycles. The summed E-state index contributed by atoms with van der Waals surface area (Å²) in [5, 5.41) is 0. The summed E-state index contributed by atoms with van der Waals surface area (Å²) in [4.78, 5) is 23.0. The van der Waals surface area contributed by atoms with Crippen LogP contribution in [0.1, 0.15) is 12.7 Å². The molecule has 0 aliphatic rings. The van der Waals surface area contributed by atoms with Crippen LogP contribution in [-0.4, -0.2) is 26.1 Å². The van der Waals surface area contributed by atoms with Gasteiger partial charge in [-0.25, -0.2) is 9.97 Å². The summed E-state index contributed by atoms with van der Waals surface area (Å²) in [5.41, 5.74) is 1.50. The average molecular weight is 270 g/mol. The molecule has 0 fully saturated rings. The molecule has 2 aromatic heterocycles. The molecule has 102 valence electrons. The Morgan fingerprint density at radius 3 is 3.05 bits per heavy atom. The van der Waals surface area contributed by atoms with Crippen molar-refractivity contribution in [2.45, 2.75) is 13.8 Å². The lowest BCUT2D eigenvalue weighted by Gasteiger charge is -2.08. The molecule has 0 aliphatic carbocycles. The van der Waals surface area contributed by atoms with Crippen molar-refractivity contribution >= 4 is 11.2 Å². The van der Waals surface area contributed by atoms with Crippen LogP contribution in [0.25, 0.3) is 16.9 Å². The zero-order chi connectivity index (χ0) is 14.1. The van der Waals surface area contributed by atoms with Crippen LogP contribution in [0.15, 0.2) is 35.4 Å². The quantitative estimate of drug-likeness (QED) is 0.787. The summed E-state index contributed by atoms with van der Waals surface area (Å²) in [6.07, 6.45) is 1.36. The van der Waals surface area contributed by atoms with Gasteiger partial charge in [0.15, 0.2) is 11.2 Å². The predicted molar refractivity (Wildman–Crippen MR) is 75.4 cm³/mol. The van der Waals surface area contributed by atoms with Gasteiger partial charge < -0.3 is 9.72 Å². The second kappa shape index (κ2) is 4.80. The van der Waals surface area contributed by atoms with Crippen molar-refractivity contribution in [3.05, 3.63) is 46.8 Å². The number of fused-ring (bicyclic) bond motifs is 1. The Balaban J connectivity index is 2.26. The van der Waals surface area contributed by atoms with Crippen molar-refractivity contribution in [3.8, 4) is 11.4 Å². The predicted octanol–water partition coefficient (Wildman–Crippen LogP) is 1.82. The van der Waals surface area contributed by atoms with E-state index >= 15 is 0 Å². The number of hydrogen-bond donors (Lipinski definition) is 1. The molecule has 0 bridgehead atoms. The minimum Gasteiger partial charge on any atom is -0.494 e. The molecule has 0 aliphatic heterocycles. The minimum absolute atomic E-state index is 0.211. The highest BCUT2D eigenvalue weighted by Crippen LogP contribution is 2.21. The van der Waals surface area contributed by atoms with Crippen molar-refractivity contribution in [2.75, 3.05) is 6.61 Å². The first-order chi connectivity index (χ1) is 9.70. The molecule has 0 saturated carbocycles. The normalized spacial score (nSPS) is 10.9. The van der Waals surface area contributed by atoms with E-state index in [9.17, 15) is 4.79 Å². The third-order valence-electron chi connectivity index (χ3n) is 3.01. The van der Waals surface area contributed by atoms with Gasteiger partial charge in [-0.05, 0) is 26.0 Å². The molecule has 1 aromatic carbocycles. The van der Waals surface area contributed by atoms with E-state index in [0.29, 0.717) is 23.6 Å². The van der Waals surface area contributed by atoms with E-state index in [1.165, 1.54) is 6.33 Å². The van der Waals surface area contributed by atoms with Crippen LogP contribution in [0.5, 0.6) is 5.75 Å². The van der Waals surface area contributed by atoms with E-state index in [4.69, 9.17) is 4.74 Å². The summed E-state index contributed by atoms with van der Waals surface area (Å²) in [5.74, 6) is 1.46. The number of benzene rings is 1. The van der Waals surface area contributed by atoms with Gasteiger partial charge in [0, 0.05) is 6.07 Å². The number of nitrogens with one attached hydrogen (secondary N) is 1. The van der Waals surface area contributed by atoms with Crippen molar-refractivity contribution in [1.29, 1.82) is 0 Å². The topological polar surface area (TPSA) is 72.8 Å². The number of aromatic nitrogens is 4.